The van der Waals surface area contributed by atoms with Crippen LogP contribution >= 0.6 is 0 Å². The molecule has 1 heterocycles. The highest BCUT2D eigenvalue weighted by molar-refractivity contribution is 6.09. The van der Waals surface area contributed by atoms with E-state index in [2.05, 4.69) is 26.8 Å². The quantitative estimate of drug-likeness (QED) is 0.480. The minimum atomic E-state index is -0.984. The lowest BCUT2D eigenvalue weighted by molar-refractivity contribution is -0.131. The number of carbonyl (C=O) groups excluding carboxylic acids is 1. The second-order valence-corrected chi connectivity index (χ2v) is 10.3. The number of ketones is 1. The summed E-state index contributed by atoms with van der Waals surface area (Å²) in [6.07, 6.45) is 7.03. The van der Waals surface area contributed by atoms with Gasteiger partial charge in [0.15, 0.2) is 5.78 Å². The lowest BCUT2D eigenvalue weighted by Gasteiger charge is -2.48. The maximum absolute atomic E-state index is 13.5. The van der Waals surface area contributed by atoms with Crippen LogP contribution in [0.3, 0.4) is 0 Å². The van der Waals surface area contributed by atoms with Gasteiger partial charge in [0.25, 0.3) is 0 Å². The molecule has 4 unspecified atom stereocenters. The molecule has 32 heavy (non-hydrogen) atoms. The number of hydrogen-bond acceptors (Lipinski definition) is 3. The summed E-state index contributed by atoms with van der Waals surface area (Å²) in [5.74, 6) is 0.486. The van der Waals surface area contributed by atoms with Crippen molar-refractivity contribution in [3.8, 4) is 5.75 Å². The molecule has 4 nitrogen and oxygen atoms in total. The number of carbonyl (C=O) groups is 2. The van der Waals surface area contributed by atoms with Crippen molar-refractivity contribution < 1.29 is 19.4 Å². The molecule has 5 rings (SSSR count). The van der Waals surface area contributed by atoms with Crippen LogP contribution in [-0.2, 0) is 16.6 Å². The molecule has 2 saturated carbocycles. The van der Waals surface area contributed by atoms with Crippen molar-refractivity contribution in [3.63, 3.8) is 0 Å². The van der Waals surface area contributed by atoms with E-state index < -0.39 is 5.97 Å². The predicted octanol–water partition coefficient (Wildman–Crippen LogP) is 5.81. The molecule has 0 radical (unpaired) electrons. The van der Waals surface area contributed by atoms with Crippen molar-refractivity contribution in [3.05, 3.63) is 70.3 Å². The zero-order chi connectivity index (χ0) is 22.9. The molecule has 0 saturated heterocycles. The Labute approximate surface area is 189 Å². The Bertz CT molecular complexity index is 1180. The van der Waals surface area contributed by atoms with Gasteiger partial charge in [-0.25, -0.2) is 4.79 Å². The number of benzene rings is 2. The fraction of sp³-hybridized carbons (Fsp3) is 0.429. The number of fused-ring (bicyclic) bond motifs is 7. The van der Waals surface area contributed by atoms with E-state index in [9.17, 15) is 9.59 Å². The third-order valence-electron chi connectivity index (χ3n) is 9.01. The van der Waals surface area contributed by atoms with Gasteiger partial charge in [-0.15, -0.1) is 0 Å². The number of rotatable bonds is 5. The SMILES string of the molecule is CCc1cc(C(=O)c2ccc3c(c2)C2(C)C4(C)CCC(C4)C2(C)O3)ccc1/C=C/C(=O)O. The molecule has 1 aliphatic heterocycles. The Morgan fingerprint density at radius 1 is 1.12 bits per heavy atom. The summed E-state index contributed by atoms with van der Waals surface area (Å²) < 4.78 is 6.59. The van der Waals surface area contributed by atoms with E-state index in [1.165, 1.54) is 24.8 Å². The number of aliphatic carboxylic acids is 1. The fourth-order valence-electron chi connectivity index (χ4n) is 6.87. The summed E-state index contributed by atoms with van der Waals surface area (Å²) in [6.45, 7) is 9.00. The van der Waals surface area contributed by atoms with E-state index in [1.54, 1.807) is 12.1 Å². The average molecular weight is 431 g/mol. The Hall–Kier alpha value is -2.88. The average Bonchev–Trinajstić information content (AvgIpc) is 3.34. The molecule has 2 aromatic rings. The number of carboxylic acid groups (broad SMARTS) is 1. The van der Waals surface area contributed by atoms with Gasteiger partial charge < -0.3 is 9.84 Å². The van der Waals surface area contributed by atoms with E-state index in [1.807, 2.05) is 31.2 Å². The van der Waals surface area contributed by atoms with Gasteiger partial charge in [0.1, 0.15) is 11.4 Å². The monoisotopic (exact) mass is 430 g/mol. The highest BCUT2D eigenvalue weighted by Crippen LogP contribution is 2.73. The van der Waals surface area contributed by atoms with E-state index in [0.29, 0.717) is 23.5 Å². The molecule has 0 spiro atoms. The van der Waals surface area contributed by atoms with Crippen molar-refractivity contribution in [2.75, 3.05) is 0 Å². The Morgan fingerprint density at radius 3 is 2.56 bits per heavy atom. The van der Waals surface area contributed by atoms with Gasteiger partial charge in [0, 0.05) is 28.2 Å². The van der Waals surface area contributed by atoms with Crippen LogP contribution in [0.5, 0.6) is 5.75 Å². The van der Waals surface area contributed by atoms with Crippen molar-refractivity contribution in [2.24, 2.45) is 11.3 Å². The van der Waals surface area contributed by atoms with E-state index in [4.69, 9.17) is 9.84 Å². The Kier molecular flexibility index (Phi) is 4.47. The molecule has 2 fully saturated rings. The second kappa shape index (κ2) is 6.81. The first-order valence-corrected chi connectivity index (χ1v) is 11.5. The molecule has 2 aromatic carbocycles. The summed E-state index contributed by atoms with van der Waals surface area (Å²) in [4.78, 5) is 24.3. The molecule has 0 amide bonds. The first kappa shape index (κ1) is 21.0. The van der Waals surface area contributed by atoms with Gasteiger partial charge in [-0.1, -0.05) is 32.9 Å². The van der Waals surface area contributed by atoms with Gasteiger partial charge in [0.2, 0.25) is 0 Å². The van der Waals surface area contributed by atoms with Gasteiger partial charge in [0.05, 0.1) is 0 Å². The first-order chi connectivity index (χ1) is 15.1. The smallest absolute Gasteiger partial charge is 0.328 e. The summed E-state index contributed by atoms with van der Waals surface area (Å²) in [6, 6.07) is 11.4. The van der Waals surface area contributed by atoms with Crippen LogP contribution in [0.15, 0.2) is 42.5 Å². The van der Waals surface area contributed by atoms with Crippen molar-refractivity contribution >= 4 is 17.8 Å². The van der Waals surface area contributed by atoms with Gasteiger partial charge in [-0.3, -0.25) is 4.79 Å². The van der Waals surface area contributed by atoms with E-state index in [0.717, 1.165) is 23.0 Å². The highest BCUT2D eigenvalue weighted by atomic mass is 16.5. The first-order valence-electron chi connectivity index (χ1n) is 11.5. The fourth-order valence-corrected chi connectivity index (χ4v) is 6.87. The maximum Gasteiger partial charge on any atom is 0.328 e. The molecule has 1 N–H and O–H groups in total. The summed E-state index contributed by atoms with van der Waals surface area (Å²) in [5, 5.41) is 8.92. The molecular formula is C28H30O4. The molecule has 2 bridgehead atoms. The van der Waals surface area contributed by atoms with Crippen molar-refractivity contribution in [1.29, 1.82) is 0 Å². The summed E-state index contributed by atoms with van der Waals surface area (Å²) in [5.41, 5.74) is 4.14. The van der Waals surface area contributed by atoms with E-state index >= 15 is 0 Å². The molecule has 4 heteroatoms. The molecule has 166 valence electrons. The number of ether oxygens (including phenoxy) is 1. The van der Waals surface area contributed by atoms with Crippen LogP contribution in [0, 0.1) is 11.3 Å². The number of hydrogen-bond donors (Lipinski definition) is 1. The highest BCUT2D eigenvalue weighted by Gasteiger charge is 2.73. The van der Waals surface area contributed by atoms with Gasteiger partial charge >= 0.3 is 5.97 Å². The van der Waals surface area contributed by atoms with Crippen molar-refractivity contribution in [2.45, 2.75) is 64.4 Å². The van der Waals surface area contributed by atoms with Crippen LogP contribution in [0.1, 0.15) is 79.6 Å². The predicted molar refractivity (Wildman–Crippen MR) is 124 cm³/mol. The standard InChI is InChI=1S/C28H30O4/c1-5-17-14-19(7-6-18(17)9-11-24(29)30)25(31)20-8-10-23-22(15-20)27(3)26(2)13-12-21(16-26)28(27,4)32-23/h6-11,14-15,21H,5,12-13,16H2,1-4H3,(H,29,30)/b11-9+. The van der Waals surface area contributed by atoms with Crippen LogP contribution in [0.2, 0.25) is 0 Å². The molecule has 3 aliphatic rings. The van der Waals surface area contributed by atoms with Crippen molar-refractivity contribution in [1.82, 2.24) is 0 Å². The maximum atomic E-state index is 13.5. The zero-order valence-electron chi connectivity index (χ0n) is 19.2. The molecular weight excluding hydrogens is 400 g/mol. The summed E-state index contributed by atoms with van der Waals surface area (Å²) in [7, 11) is 0. The van der Waals surface area contributed by atoms with Crippen LogP contribution in [-0.4, -0.2) is 22.5 Å². The zero-order valence-corrected chi connectivity index (χ0v) is 19.2. The Morgan fingerprint density at radius 2 is 1.84 bits per heavy atom. The normalized spacial score (nSPS) is 32.1. The van der Waals surface area contributed by atoms with Crippen LogP contribution in [0.25, 0.3) is 6.08 Å². The van der Waals surface area contributed by atoms with Crippen LogP contribution in [0.4, 0.5) is 0 Å². The largest absolute Gasteiger partial charge is 0.486 e. The molecule has 0 aromatic heterocycles. The third-order valence-corrected chi connectivity index (χ3v) is 9.01. The lowest BCUT2D eigenvalue weighted by atomic mass is 9.56. The third kappa shape index (κ3) is 2.61. The topological polar surface area (TPSA) is 63.6 Å². The van der Waals surface area contributed by atoms with Gasteiger partial charge in [-0.2, -0.15) is 0 Å². The molecule has 2 aliphatic carbocycles. The number of aryl methyl sites for hydroxylation is 1. The lowest BCUT2D eigenvalue weighted by Crippen LogP contribution is -2.54. The van der Waals surface area contributed by atoms with Gasteiger partial charge in [-0.05, 0) is 85.4 Å². The summed E-state index contributed by atoms with van der Waals surface area (Å²) >= 11 is 0. The number of carboxylic acids is 1. The Balaban J connectivity index is 1.52. The van der Waals surface area contributed by atoms with E-state index in [-0.39, 0.29) is 22.2 Å². The van der Waals surface area contributed by atoms with Crippen LogP contribution < -0.4 is 4.74 Å². The molecule has 4 atom stereocenters. The minimum Gasteiger partial charge on any atom is -0.486 e. The second-order valence-electron chi connectivity index (χ2n) is 10.3. The minimum absolute atomic E-state index is 0.0122.